The Hall–Kier alpha value is -4.03. The fourth-order valence-corrected chi connectivity index (χ4v) is 4.66. The number of carbonyl (C=O) groups excluding carboxylic acids is 4. The van der Waals surface area contributed by atoms with Crippen LogP contribution in [0.2, 0.25) is 0 Å². The Bertz CT molecular complexity index is 1200. The standard InChI is InChI=1S/C30H37NO11/c1-19(32)37-18-26-27(39-20(2)33)28(40-21(3)34)29(41-22(4)35)30(36,42-26)14-6-5-7-23-8-10-25(11-9-23)38-17-24-12-15-31-16-13-24/h8-13,15-16,26-29,36H,5-7,14,17-18H2,1-4H3/t26-,27-,28+,29-,30-/m1/s1. The third kappa shape index (κ3) is 9.81. The SMILES string of the molecule is CC(=O)OC[C@H]1O[C@](O)(CCCCc2ccc(OCc3ccncc3)cc2)[C@H](OC(C)=O)[C@@H](OC(C)=O)[C@@H]1OC(C)=O. The summed E-state index contributed by atoms with van der Waals surface area (Å²) >= 11 is 0. The molecule has 12 heteroatoms. The van der Waals surface area contributed by atoms with Gasteiger partial charge in [0.15, 0.2) is 18.3 Å². The first-order chi connectivity index (χ1) is 20.0. The molecule has 1 saturated heterocycles. The van der Waals surface area contributed by atoms with Gasteiger partial charge in [0.2, 0.25) is 5.79 Å². The number of benzene rings is 1. The number of hydrogen-bond acceptors (Lipinski definition) is 12. The van der Waals surface area contributed by atoms with Gasteiger partial charge in [-0.1, -0.05) is 12.1 Å². The summed E-state index contributed by atoms with van der Waals surface area (Å²) in [5.74, 6) is -4.33. The highest BCUT2D eigenvalue weighted by Gasteiger charge is 2.59. The van der Waals surface area contributed by atoms with Gasteiger partial charge in [0, 0.05) is 46.5 Å². The van der Waals surface area contributed by atoms with E-state index in [1.165, 1.54) is 6.92 Å². The average molecular weight is 588 g/mol. The maximum absolute atomic E-state index is 12.0. The second kappa shape index (κ2) is 15.3. The molecule has 0 spiro atoms. The van der Waals surface area contributed by atoms with Crippen LogP contribution in [0.1, 0.15) is 58.1 Å². The second-order valence-corrected chi connectivity index (χ2v) is 9.98. The topological polar surface area (TPSA) is 157 Å². The van der Waals surface area contributed by atoms with E-state index >= 15 is 0 Å². The van der Waals surface area contributed by atoms with Crippen molar-refractivity contribution in [1.82, 2.24) is 4.98 Å². The quantitative estimate of drug-likeness (QED) is 0.208. The minimum Gasteiger partial charge on any atom is -0.489 e. The highest BCUT2D eigenvalue weighted by atomic mass is 16.7. The Morgan fingerprint density at radius 1 is 0.810 bits per heavy atom. The molecule has 1 fully saturated rings. The molecular weight excluding hydrogens is 550 g/mol. The molecule has 228 valence electrons. The molecule has 42 heavy (non-hydrogen) atoms. The van der Waals surface area contributed by atoms with Gasteiger partial charge in [-0.25, -0.2) is 0 Å². The molecule has 1 aliphatic heterocycles. The third-order valence-electron chi connectivity index (χ3n) is 6.47. The van der Waals surface area contributed by atoms with Gasteiger partial charge in [0.1, 0.15) is 25.1 Å². The van der Waals surface area contributed by atoms with Gasteiger partial charge >= 0.3 is 23.9 Å². The number of rotatable bonds is 13. The molecule has 0 bridgehead atoms. The Kier molecular flexibility index (Phi) is 11.8. The fourth-order valence-electron chi connectivity index (χ4n) is 4.66. The van der Waals surface area contributed by atoms with E-state index in [0.717, 1.165) is 37.6 Å². The zero-order valence-electron chi connectivity index (χ0n) is 24.1. The van der Waals surface area contributed by atoms with Crippen molar-refractivity contribution >= 4 is 23.9 Å². The second-order valence-electron chi connectivity index (χ2n) is 9.98. The third-order valence-corrected chi connectivity index (χ3v) is 6.47. The van der Waals surface area contributed by atoms with Crippen molar-refractivity contribution < 1.29 is 52.7 Å². The predicted octanol–water partition coefficient (Wildman–Crippen LogP) is 2.82. The van der Waals surface area contributed by atoms with Crippen molar-refractivity contribution in [3.63, 3.8) is 0 Å². The summed E-state index contributed by atoms with van der Waals surface area (Å²) in [7, 11) is 0. The zero-order valence-corrected chi connectivity index (χ0v) is 24.1. The first kappa shape index (κ1) is 32.5. The van der Waals surface area contributed by atoms with E-state index in [4.69, 9.17) is 28.4 Å². The number of esters is 4. The summed E-state index contributed by atoms with van der Waals surface area (Å²) in [6.07, 6.45) is -0.384. The molecule has 1 N–H and O–H groups in total. The lowest BCUT2D eigenvalue weighted by molar-refractivity contribution is -0.354. The maximum Gasteiger partial charge on any atom is 0.303 e. The zero-order chi connectivity index (χ0) is 30.7. The van der Waals surface area contributed by atoms with E-state index in [-0.39, 0.29) is 6.42 Å². The van der Waals surface area contributed by atoms with Gasteiger partial charge in [-0.15, -0.1) is 0 Å². The number of nitrogens with zero attached hydrogens (tertiary/aromatic N) is 1. The number of carbonyl (C=O) groups is 4. The van der Waals surface area contributed by atoms with Crippen molar-refractivity contribution in [2.75, 3.05) is 6.61 Å². The highest BCUT2D eigenvalue weighted by molar-refractivity contribution is 5.68. The van der Waals surface area contributed by atoms with Gasteiger partial charge in [-0.3, -0.25) is 24.2 Å². The molecule has 0 radical (unpaired) electrons. The van der Waals surface area contributed by atoms with E-state index in [2.05, 4.69) is 4.98 Å². The van der Waals surface area contributed by atoms with Gasteiger partial charge in [0.25, 0.3) is 0 Å². The van der Waals surface area contributed by atoms with Crippen LogP contribution < -0.4 is 4.74 Å². The molecule has 0 unspecified atom stereocenters. The van der Waals surface area contributed by atoms with Crippen LogP contribution in [0.4, 0.5) is 0 Å². The number of aliphatic hydroxyl groups is 1. The molecular formula is C30H37NO11. The number of pyridine rings is 1. The molecule has 12 nitrogen and oxygen atoms in total. The molecule has 2 heterocycles. The van der Waals surface area contributed by atoms with Crippen LogP contribution in [-0.4, -0.2) is 70.8 Å². The normalized spacial score (nSPS) is 23.4. The van der Waals surface area contributed by atoms with E-state index in [9.17, 15) is 24.3 Å². The molecule has 3 rings (SSSR count). The summed E-state index contributed by atoms with van der Waals surface area (Å²) in [5, 5.41) is 11.6. The minimum absolute atomic E-state index is 0.0286. The van der Waals surface area contributed by atoms with Crippen LogP contribution in [0.25, 0.3) is 0 Å². The van der Waals surface area contributed by atoms with Crippen LogP contribution in [0.3, 0.4) is 0 Å². The first-order valence-electron chi connectivity index (χ1n) is 13.6. The molecule has 1 aromatic heterocycles. The van der Waals surface area contributed by atoms with E-state index in [0.29, 0.717) is 25.9 Å². The first-order valence-corrected chi connectivity index (χ1v) is 13.6. The largest absolute Gasteiger partial charge is 0.489 e. The van der Waals surface area contributed by atoms with Crippen LogP contribution in [-0.2, 0) is 55.9 Å². The molecule has 1 aromatic carbocycles. The highest BCUT2D eigenvalue weighted by Crippen LogP contribution is 2.37. The minimum atomic E-state index is -2.14. The Balaban J connectivity index is 1.69. The number of unbranched alkanes of at least 4 members (excludes halogenated alkanes) is 1. The molecule has 0 aliphatic carbocycles. The summed E-state index contributed by atoms with van der Waals surface area (Å²) in [6.45, 7) is 4.59. The van der Waals surface area contributed by atoms with Gasteiger partial charge < -0.3 is 33.5 Å². The number of aromatic nitrogens is 1. The fraction of sp³-hybridized carbons (Fsp3) is 0.500. The lowest BCUT2D eigenvalue weighted by Crippen LogP contribution is -2.68. The molecule has 1 aliphatic rings. The van der Waals surface area contributed by atoms with Crippen LogP contribution in [0.5, 0.6) is 5.75 Å². The van der Waals surface area contributed by atoms with Gasteiger partial charge in [0.05, 0.1) is 0 Å². The van der Waals surface area contributed by atoms with Crippen molar-refractivity contribution in [1.29, 1.82) is 0 Å². The van der Waals surface area contributed by atoms with Crippen molar-refractivity contribution in [3.05, 3.63) is 59.9 Å². The monoisotopic (exact) mass is 587 g/mol. The number of hydrogen-bond donors (Lipinski definition) is 1. The summed E-state index contributed by atoms with van der Waals surface area (Å²) in [4.78, 5) is 51.4. The summed E-state index contributed by atoms with van der Waals surface area (Å²) in [5.41, 5.74) is 2.05. The maximum atomic E-state index is 12.0. The van der Waals surface area contributed by atoms with E-state index in [1.807, 2.05) is 36.4 Å². The predicted molar refractivity (Wildman–Crippen MR) is 146 cm³/mol. The summed E-state index contributed by atoms with van der Waals surface area (Å²) in [6, 6.07) is 11.4. The Morgan fingerprint density at radius 3 is 2.02 bits per heavy atom. The molecule has 0 saturated carbocycles. The van der Waals surface area contributed by atoms with Crippen molar-refractivity contribution in [2.45, 2.75) is 90.2 Å². The molecule has 0 amide bonds. The lowest BCUT2D eigenvalue weighted by Gasteiger charge is -2.48. The smallest absolute Gasteiger partial charge is 0.303 e. The lowest BCUT2D eigenvalue weighted by atomic mass is 9.88. The summed E-state index contributed by atoms with van der Waals surface area (Å²) < 4.78 is 32.9. The van der Waals surface area contributed by atoms with Crippen LogP contribution >= 0.6 is 0 Å². The van der Waals surface area contributed by atoms with Crippen molar-refractivity contribution in [2.24, 2.45) is 0 Å². The van der Waals surface area contributed by atoms with Crippen LogP contribution in [0, 0.1) is 0 Å². The van der Waals surface area contributed by atoms with E-state index < -0.39 is 60.7 Å². The molecule has 5 atom stereocenters. The Morgan fingerprint density at radius 2 is 1.43 bits per heavy atom. The van der Waals surface area contributed by atoms with Gasteiger partial charge in [-0.05, 0) is 54.7 Å². The van der Waals surface area contributed by atoms with E-state index in [1.54, 1.807) is 12.4 Å². The number of aryl methyl sites for hydroxylation is 1. The van der Waals surface area contributed by atoms with Gasteiger partial charge in [-0.2, -0.15) is 0 Å². The number of ether oxygens (including phenoxy) is 6. The average Bonchev–Trinajstić information content (AvgIpc) is 2.93. The molecule has 2 aromatic rings. The van der Waals surface area contributed by atoms with Crippen LogP contribution in [0.15, 0.2) is 48.8 Å². The van der Waals surface area contributed by atoms with Crippen molar-refractivity contribution in [3.8, 4) is 5.75 Å². The Labute approximate surface area is 244 Å².